The average Bonchev–Trinajstić information content (AvgIpc) is 2.19. The SMILES string of the molecule is CC(O)C(=O)O.OCCN(CCO)CCO.[Zr]. The number of hydrogen-bond donors (Lipinski definition) is 5. The first-order valence-electron chi connectivity index (χ1n) is 4.95. The Morgan fingerprint density at radius 2 is 1.29 bits per heavy atom. The minimum Gasteiger partial charge on any atom is -0.479 e. The molecule has 0 aliphatic rings. The van der Waals surface area contributed by atoms with Gasteiger partial charge in [-0.05, 0) is 6.92 Å². The van der Waals surface area contributed by atoms with Crippen LogP contribution < -0.4 is 0 Å². The molecule has 0 rings (SSSR count). The summed E-state index contributed by atoms with van der Waals surface area (Å²) in [5, 5.41) is 41.2. The van der Waals surface area contributed by atoms with Crippen LogP contribution in [0.4, 0.5) is 0 Å². The van der Waals surface area contributed by atoms with Crippen LogP contribution in [0.25, 0.3) is 0 Å². The summed E-state index contributed by atoms with van der Waals surface area (Å²) in [6.45, 7) is 2.95. The van der Waals surface area contributed by atoms with Crippen molar-refractivity contribution in [2.75, 3.05) is 39.5 Å². The quantitative estimate of drug-likeness (QED) is 0.356. The fraction of sp³-hybridized carbons (Fsp3) is 0.889. The van der Waals surface area contributed by atoms with E-state index < -0.39 is 12.1 Å². The van der Waals surface area contributed by atoms with E-state index in [0.29, 0.717) is 19.6 Å². The van der Waals surface area contributed by atoms with Crippen molar-refractivity contribution in [3.8, 4) is 0 Å². The molecule has 0 amide bonds. The zero-order chi connectivity index (χ0) is 13.0. The number of carbonyl (C=O) groups is 1. The Bertz CT molecular complexity index is 155. The van der Waals surface area contributed by atoms with E-state index in [9.17, 15) is 4.79 Å². The van der Waals surface area contributed by atoms with E-state index in [2.05, 4.69) is 0 Å². The van der Waals surface area contributed by atoms with E-state index >= 15 is 0 Å². The molecule has 7 nitrogen and oxygen atoms in total. The van der Waals surface area contributed by atoms with Crippen molar-refractivity contribution in [1.82, 2.24) is 4.90 Å². The maximum atomic E-state index is 9.45. The third kappa shape index (κ3) is 18.7. The van der Waals surface area contributed by atoms with Crippen LogP contribution in [0.3, 0.4) is 0 Å². The first kappa shape index (κ1) is 22.3. The average molecular weight is 330 g/mol. The van der Waals surface area contributed by atoms with Gasteiger partial charge in [0.05, 0.1) is 19.8 Å². The van der Waals surface area contributed by atoms with Gasteiger partial charge in [-0.1, -0.05) is 0 Å². The number of nitrogens with zero attached hydrogens (tertiary/aromatic N) is 1. The Kier molecular flexibility index (Phi) is 21.2. The van der Waals surface area contributed by atoms with Crippen molar-refractivity contribution in [2.24, 2.45) is 0 Å². The summed E-state index contributed by atoms with van der Waals surface area (Å²) in [5.74, 6) is -1.19. The molecule has 0 aromatic rings. The molecule has 0 radical (unpaired) electrons. The van der Waals surface area contributed by atoms with Crippen molar-refractivity contribution in [3.63, 3.8) is 0 Å². The van der Waals surface area contributed by atoms with Crippen LogP contribution in [0.2, 0.25) is 0 Å². The molecule has 0 saturated carbocycles. The standard InChI is InChI=1S/C6H15NO3.C3H6O3.Zr/c8-4-1-7(2-5-9)3-6-10;1-2(4)3(5)6;/h8-10H,1-6H2;2,4H,1H3,(H,5,6);. The Labute approximate surface area is 120 Å². The molecule has 8 heteroatoms. The minimum absolute atomic E-state index is 0. The van der Waals surface area contributed by atoms with E-state index in [1.807, 2.05) is 0 Å². The number of rotatable bonds is 7. The maximum Gasteiger partial charge on any atom is 0.332 e. The van der Waals surface area contributed by atoms with Gasteiger partial charge < -0.3 is 25.5 Å². The van der Waals surface area contributed by atoms with Crippen LogP contribution in [-0.2, 0) is 31.0 Å². The molecule has 102 valence electrons. The molecule has 0 aliphatic carbocycles. The van der Waals surface area contributed by atoms with Crippen molar-refractivity contribution in [2.45, 2.75) is 13.0 Å². The van der Waals surface area contributed by atoms with Gasteiger partial charge in [-0.25, -0.2) is 4.79 Å². The second-order valence-corrected chi connectivity index (χ2v) is 3.03. The predicted molar refractivity (Wildman–Crippen MR) is 57.0 cm³/mol. The van der Waals surface area contributed by atoms with E-state index in [-0.39, 0.29) is 46.0 Å². The van der Waals surface area contributed by atoms with Gasteiger partial charge in [0.15, 0.2) is 0 Å². The van der Waals surface area contributed by atoms with Crippen LogP contribution in [0.1, 0.15) is 6.92 Å². The van der Waals surface area contributed by atoms with Crippen molar-refractivity contribution in [3.05, 3.63) is 0 Å². The molecular weight excluding hydrogens is 309 g/mol. The molecule has 0 aromatic heterocycles. The molecular formula is C9H21NO6Zr. The number of hydrogen-bond acceptors (Lipinski definition) is 6. The number of aliphatic hydroxyl groups excluding tert-OH is 4. The molecule has 0 spiro atoms. The van der Waals surface area contributed by atoms with Crippen LogP contribution in [-0.4, -0.2) is 82.0 Å². The fourth-order valence-electron chi connectivity index (χ4n) is 0.760. The topological polar surface area (TPSA) is 121 Å². The Hall–Kier alpha value is 0.153. The fourth-order valence-corrected chi connectivity index (χ4v) is 0.760. The van der Waals surface area contributed by atoms with E-state index in [1.54, 1.807) is 4.90 Å². The maximum absolute atomic E-state index is 9.45. The summed E-state index contributed by atoms with van der Waals surface area (Å²) >= 11 is 0. The van der Waals surface area contributed by atoms with Gasteiger partial charge in [0.25, 0.3) is 0 Å². The zero-order valence-corrected chi connectivity index (χ0v) is 12.4. The number of carboxylic acid groups (broad SMARTS) is 1. The number of aliphatic hydroxyl groups is 4. The van der Waals surface area contributed by atoms with Gasteiger partial charge in [-0.2, -0.15) is 0 Å². The molecule has 1 unspecified atom stereocenters. The van der Waals surface area contributed by atoms with Gasteiger partial charge in [0.1, 0.15) is 6.10 Å². The van der Waals surface area contributed by atoms with Gasteiger partial charge in [-0.3, -0.25) is 4.90 Å². The number of carboxylic acids is 1. The Balaban J connectivity index is -0.000000244. The third-order valence-electron chi connectivity index (χ3n) is 1.61. The molecule has 17 heavy (non-hydrogen) atoms. The molecule has 5 N–H and O–H groups in total. The smallest absolute Gasteiger partial charge is 0.332 e. The monoisotopic (exact) mass is 329 g/mol. The summed E-state index contributed by atoms with van der Waals surface area (Å²) < 4.78 is 0. The van der Waals surface area contributed by atoms with Gasteiger partial charge in [0, 0.05) is 45.8 Å². The zero-order valence-electron chi connectivity index (χ0n) is 9.91. The first-order valence-corrected chi connectivity index (χ1v) is 4.95. The van der Waals surface area contributed by atoms with Crippen molar-refractivity contribution in [1.29, 1.82) is 0 Å². The Morgan fingerprint density at radius 1 is 1.06 bits per heavy atom. The van der Waals surface area contributed by atoms with Crippen LogP contribution in [0.5, 0.6) is 0 Å². The molecule has 0 fully saturated rings. The second kappa shape index (κ2) is 16.2. The predicted octanol–water partition coefficient (Wildman–Crippen LogP) is -2.29. The van der Waals surface area contributed by atoms with Crippen LogP contribution in [0, 0.1) is 0 Å². The van der Waals surface area contributed by atoms with Crippen molar-refractivity contribution >= 4 is 5.97 Å². The van der Waals surface area contributed by atoms with E-state index in [0.717, 1.165) is 0 Å². The Morgan fingerprint density at radius 3 is 1.41 bits per heavy atom. The minimum atomic E-state index is -1.23. The second-order valence-electron chi connectivity index (χ2n) is 3.03. The van der Waals surface area contributed by atoms with Crippen molar-refractivity contribution < 1.29 is 56.5 Å². The van der Waals surface area contributed by atoms with Gasteiger partial charge >= 0.3 is 5.97 Å². The van der Waals surface area contributed by atoms with E-state index in [4.69, 9.17) is 25.5 Å². The molecule has 1 atom stereocenters. The van der Waals surface area contributed by atoms with Crippen LogP contribution >= 0.6 is 0 Å². The van der Waals surface area contributed by atoms with E-state index in [1.165, 1.54) is 6.92 Å². The molecule has 0 bridgehead atoms. The summed E-state index contributed by atoms with van der Waals surface area (Å²) in [5.41, 5.74) is 0. The molecule has 0 heterocycles. The molecule has 0 saturated heterocycles. The summed E-state index contributed by atoms with van der Waals surface area (Å²) in [6, 6.07) is 0. The third-order valence-corrected chi connectivity index (χ3v) is 1.61. The normalized spacial score (nSPS) is 11.2. The number of aliphatic carboxylic acids is 1. The molecule has 0 aromatic carbocycles. The summed E-state index contributed by atoms with van der Waals surface area (Å²) in [6.07, 6.45) is -1.23. The first-order chi connectivity index (χ1) is 7.49. The molecule has 0 aliphatic heterocycles. The van der Waals surface area contributed by atoms with Gasteiger partial charge in [-0.15, -0.1) is 0 Å². The summed E-state index contributed by atoms with van der Waals surface area (Å²) in [4.78, 5) is 11.2. The van der Waals surface area contributed by atoms with Gasteiger partial charge in [0.2, 0.25) is 0 Å². The summed E-state index contributed by atoms with van der Waals surface area (Å²) in [7, 11) is 0. The largest absolute Gasteiger partial charge is 0.479 e. The van der Waals surface area contributed by atoms with Crippen LogP contribution in [0.15, 0.2) is 0 Å².